The largest absolute Gasteiger partial charge is 0.495 e. The Hall–Kier alpha value is -3.26. The average molecular weight is 416 g/mol. The van der Waals surface area contributed by atoms with E-state index in [1.807, 2.05) is 10.6 Å². The zero-order chi connectivity index (χ0) is 21.0. The molecule has 8 nitrogen and oxygen atoms in total. The van der Waals surface area contributed by atoms with Gasteiger partial charge in [0.05, 0.1) is 30.2 Å². The van der Waals surface area contributed by atoms with Gasteiger partial charge >= 0.3 is 6.03 Å². The maximum Gasteiger partial charge on any atom is 0.319 e. The molecule has 1 heterocycles. The number of aromatic nitrogens is 2. The highest BCUT2D eigenvalue weighted by molar-refractivity contribution is 6.31. The fraction of sp³-hybridized carbons (Fsp3) is 0.250. The van der Waals surface area contributed by atoms with Crippen LogP contribution in [0.3, 0.4) is 0 Å². The molecular weight excluding hydrogens is 394 g/mol. The first-order valence-corrected chi connectivity index (χ1v) is 9.32. The van der Waals surface area contributed by atoms with E-state index in [1.54, 1.807) is 50.8 Å². The highest BCUT2D eigenvalue weighted by atomic mass is 35.5. The van der Waals surface area contributed by atoms with Crippen LogP contribution in [0.1, 0.15) is 10.4 Å². The number of urea groups is 1. The first kappa shape index (κ1) is 20.5. The summed E-state index contributed by atoms with van der Waals surface area (Å²) in [5, 5.41) is 6.01. The summed E-state index contributed by atoms with van der Waals surface area (Å²) < 4.78 is 7.13. The van der Waals surface area contributed by atoms with E-state index in [-0.39, 0.29) is 11.9 Å². The van der Waals surface area contributed by atoms with Crippen molar-refractivity contribution in [3.05, 3.63) is 53.3 Å². The summed E-state index contributed by atoms with van der Waals surface area (Å²) in [4.78, 5) is 30.1. The molecule has 2 aromatic carbocycles. The molecule has 0 aliphatic heterocycles. The predicted molar refractivity (Wildman–Crippen MR) is 113 cm³/mol. The number of halogens is 1. The number of imidazole rings is 1. The summed E-state index contributed by atoms with van der Waals surface area (Å²) in [5.41, 5.74) is 2.69. The van der Waals surface area contributed by atoms with Crippen LogP contribution in [0.2, 0.25) is 5.02 Å². The van der Waals surface area contributed by atoms with Crippen molar-refractivity contribution in [1.82, 2.24) is 19.8 Å². The third-order valence-corrected chi connectivity index (χ3v) is 4.56. The van der Waals surface area contributed by atoms with Gasteiger partial charge in [-0.1, -0.05) is 11.6 Å². The van der Waals surface area contributed by atoms with Gasteiger partial charge in [-0.2, -0.15) is 0 Å². The molecule has 152 valence electrons. The van der Waals surface area contributed by atoms with Gasteiger partial charge in [-0.05, 0) is 36.4 Å². The normalized spacial score (nSPS) is 10.6. The minimum absolute atomic E-state index is 0.0729. The number of carbonyl (C=O) groups excluding carboxylic acids is 2. The Kier molecular flexibility index (Phi) is 6.23. The zero-order valence-electron chi connectivity index (χ0n) is 16.4. The smallest absolute Gasteiger partial charge is 0.319 e. The van der Waals surface area contributed by atoms with Crippen LogP contribution < -0.4 is 15.4 Å². The number of hydrogen-bond acceptors (Lipinski definition) is 4. The van der Waals surface area contributed by atoms with Gasteiger partial charge in [0.15, 0.2) is 0 Å². The van der Waals surface area contributed by atoms with Crippen LogP contribution in [-0.4, -0.2) is 54.1 Å². The Morgan fingerprint density at radius 1 is 1.21 bits per heavy atom. The van der Waals surface area contributed by atoms with Crippen LogP contribution in [0, 0.1) is 0 Å². The SMILES string of the molecule is COc1ccc(Cl)cc1NC(=O)NCCn1cnc2cc(C(=O)N(C)C)ccc21. The van der Waals surface area contributed by atoms with E-state index >= 15 is 0 Å². The summed E-state index contributed by atoms with van der Waals surface area (Å²) in [6.45, 7) is 0.913. The third kappa shape index (κ3) is 4.78. The number of ether oxygens (including phenoxy) is 1. The van der Waals surface area contributed by atoms with Crippen molar-refractivity contribution in [2.24, 2.45) is 0 Å². The molecule has 0 unspecified atom stereocenters. The number of nitrogens with zero attached hydrogens (tertiary/aromatic N) is 3. The molecular formula is C20H22ClN5O3. The van der Waals surface area contributed by atoms with Gasteiger partial charge in [-0.3, -0.25) is 4.79 Å². The van der Waals surface area contributed by atoms with Crippen LogP contribution in [0.25, 0.3) is 11.0 Å². The first-order valence-electron chi connectivity index (χ1n) is 8.94. The van der Waals surface area contributed by atoms with Crippen molar-refractivity contribution in [3.63, 3.8) is 0 Å². The summed E-state index contributed by atoms with van der Waals surface area (Å²) in [5.74, 6) is 0.449. The number of anilines is 1. The molecule has 3 aromatic rings. The summed E-state index contributed by atoms with van der Waals surface area (Å²) in [6, 6.07) is 10.0. The van der Waals surface area contributed by atoms with Crippen LogP contribution in [0.15, 0.2) is 42.7 Å². The molecule has 1 aromatic heterocycles. The number of rotatable bonds is 6. The number of benzene rings is 2. The van der Waals surface area contributed by atoms with Crippen molar-refractivity contribution < 1.29 is 14.3 Å². The molecule has 0 spiro atoms. The van der Waals surface area contributed by atoms with Gasteiger partial charge < -0.3 is 24.8 Å². The van der Waals surface area contributed by atoms with E-state index in [0.29, 0.717) is 35.1 Å². The maximum absolute atomic E-state index is 12.2. The lowest BCUT2D eigenvalue weighted by atomic mass is 10.2. The fourth-order valence-electron chi connectivity index (χ4n) is 2.87. The summed E-state index contributed by atoms with van der Waals surface area (Å²) >= 11 is 5.97. The van der Waals surface area contributed by atoms with Crippen LogP contribution >= 0.6 is 11.6 Å². The first-order chi connectivity index (χ1) is 13.9. The molecule has 2 N–H and O–H groups in total. The Morgan fingerprint density at radius 2 is 2.00 bits per heavy atom. The quantitative estimate of drug-likeness (QED) is 0.647. The molecule has 0 aliphatic rings. The van der Waals surface area contributed by atoms with Gasteiger partial charge in [0.25, 0.3) is 5.91 Å². The van der Waals surface area contributed by atoms with E-state index in [1.165, 1.54) is 12.0 Å². The minimum atomic E-state index is -0.367. The van der Waals surface area contributed by atoms with E-state index in [2.05, 4.69) is 15.6 Å². The fourth-order valence-corrected chi connectivity index (χ4v) is 3.04. The highest BCUT2D eigenvalue weighted by Crippen LogP contribution is 2.27. The zero-order valence-corrected chi connectivity index (χ0v) is 17.2. The number of amides is 3. The summed E-state index contributed by atoms with van der Waals surface area (Å²) in [6.07, 6.45) is 1.69. The Balaban J connectivity index is 1.60. The molecule has 0 radical (unpaired) electrons. The molecule has 0 saturated carbocycles. The van der Waals surface area contributed by atoms with Gasteiger partial charge in [-0.25, -0.2) is 9.78 Å². The maximum atomic E-state index is 12.2. The Bertz CT molecular complexity index is 1050. The predicted octanol–water partition coefficient (Wildman–Crippen LogP) is 3.22. The van der Waals surface area contributed by atoms with Crippen molar-refractivity contribution >= 4 is 40.3 Å². The van der Waals surface area contributed by atoms with E-state index in [0.717, 1.165) is 11.0 Å². The van der Waals surface area contributed by atoms with Crippen LogP contribution in [-0.2, 0) is 6.54 Å². The number of hydrogen-bond donors (Lipinski definition) is 2. The number of carbonyl (C=O) groups is 2. The van der Waals surface area contributed by atoms with Crippen molar-refractivity contribution in [3.8, 4) is 5.75 Å². The Morgan fingerprint density at radius 3 is 2.72 bits per heavy atom. The minimum Gasteiger partial charge on any atom is -0.495 e. The summed E-state index contributed by atoms with van der Waals surface area (Å²) in [7, 11) is 4.94. The average Bonchev–Trinajstić information content (AvgIpc) is 3.09. The van der Waals surface area contributed by atoms with Crippen LogP contribution in [0.4, 0.5) is 10.5 Å². The number of methoxy groups -OCH3 is 1. The third-order valence-electron chi connectivity index (χ3n) is 4.32. The van der Waals surface area contributed by atoms with Crippen LogP contribution in [0.5, 0.6) is 5.75 Å². The molecule has 0 fully saturated rings. The lowest BCUT2D eigenvalue weighted by Gasteiger charge is -2.12. The lowest BCUT2D eigenvalue weighted by molar-refractivity contribution is 0.0827. The monoisotopic (exact) mass is 415 g/mol. The van der Waals surface area contributed by atoms with E-state index in [4.69, 9.17) is 16.3 Å². The Labute approximate surface area is 173 Å². The standard InChI is InChI=1S/C20H22ClN5O3/c1-25(2)19(27)13-4-6-17-15(10-13)23-12-26(17)9-8-22-20(28)24-16-11-14(21)5-7-18(16)29-3/h4-7,10-12H,8-9H2,1-3H3,(H2,22,24,28). The second kappa shape index (κ2) is 8.83. The second-order valence-corrected chi connectivity index (χ2v) is 7.00. The molecule has 0 saturated heterocycles. The van der Waals surface area contributed by atoms with Crippen molar-refractivity contribution in [2.45, 2.75) is 6.54 Å². The molecule has 0 bridgehead atoms. The van der Waals surface area contributed by atoms with Gasteiger partial charge in [0.2, 0.25) is 0 Å². The molecule has 0 atom stereocenters. The highest BCUT2D eigenvalue weighted by Gasteiger charge is 2.11. The second-order valence-electron chi connectivity index (χ2n) is 6.57. The molecule has 3 rings (SSSR count). The van der Waals surface area contributed by atoms with Gasteiger partial charge in [-0.15, -0.1) is 0 Å². The number of nitrogens with one attached hydrogen (secondary N) is 2. The molecule has 0 aliphatic carbocycles. The van der Waals surface area contributed by atoms with E-state index < -0.39 is 0 Å². The lowest BCUT2D eigenvalue weighted by Crippen LogP contribution is -2.31. The van der Waals surface area contributed by atoms with Crippen molar-refractivity contribution in [1.29, 1.82) is 0 Å². The van der Waals surface area contributed by atoms with Crippen molar-refractivity contribution in [2.75, 3.05) is 33.1 Å². The molecule has 3 amide bonds. The number of fused-ring (bicyclic) bond motifs is 1. The van der Waals surface area contributed by atoms with Gasteiger partial charge in [0.1, 0.15) is 5.75 Å². The topological polar surface area (TPSA) is 88.5 Å². The molecule has 29 heavy (non-hydrogen) atoms. The molecule has 9 heteroatoms. The van der Waals surface area contributed by atoms with Gasteiger partial charge in [0, 0.05) is 37.8 Å². The van der Waals surface area contributed by atoms with E-state index in [9.17, 15) is 9.59 Å².